The normalized spacial score (nSPS) is 13.5. The van der Waals surface area contributed by atoms with Gasteiger partial charge in [0, 0.05) is 12.6 Å². The summed E-state index contributed by atoms with van der Waals surface area (Å²) < 4.78 is 0. The van der Waals surface area contributed by atoms with E-state index in [1.807, 2.05) is 0 Å². The molecule has 0 saturated carbocycles. The monoisotopic (exact) mass is 259 g/mol. The fourth-order valence-electron chi connectivity index (χ4n) is 2.05. The molecule has 0 saturated heterocycles. The number of nitrogens with one attached hydrogen (secondary N) is 1. The third-order valence-corrected chi connectivity index (χ3v) is 3.56. The molecule has 1 aromatic carbocycles. The van der Waals surface area contributed by atoms with Crippen LogP contribution in [0.2, 0.25) is 0 Å². The van der Waals surface area contributed by atoms with E-state index in [-0.39, 0.29) is 0 Å². The van der Waals surface area contributed by atoms with Gasteiger partial charge < -0.3 is 5.32 Å². The molecule has 1 aromatic rings. The van der Waals surface area contributed by atoms with Gasteiger partial charge in [0.05, 0.1) is 0 Å². The molecule has 19 heavy (non-hydrogen) atoms. The van der Waals surface area contributed by atoms with Gasteiger partial charge in [-0.3, -0.25) is 0 Å². The highest BCUT2D eigenvalue weighted by molar-refractivity contribution is 5.52. The summed E-state index contributed by atoms with van der Waals surface area (Å²) in [6, 6.07) is 11.3. The number of hydrogen-bond acceptors (Lipinski definition) is 1. The Morgan fingerprint density at radius 3 is 2.53 bits per heavy atom. The van der Waals surface area contributed by atoms with Crippen LogP contribution in [0.1, 0.15) is 58.4 Å². The van der Waals surface area contributed by atoms with Crippen LogP contribution in [0.4, 0.5) is 0 Å². The first-order valence-corrected chi connectivity index (χ1v) is 7.74. The molecule has 1 unspecified atom stereocenters. The summed E-state index contributed by atoms with van der Waals surface area (Å²) in [5.41, 5.74) is 2.85. The lowest BCUT2D eigenvalue weighted by Gasteiger charge is -2.14. The van der Waals surface area contributed by atoms with E-state index in [9.17, 15) is 0 Å². The van der Waals surface area contributed by atoms with Crippen molar-refractivity contribution in [1.82, 2.24) is 5.32 Å². The van der Waals surface area contributed by atoms with E-state index in [0.717, 1.165) is 6.54 Å². The number of rotatable bonds is 9. The fraction of sp³-hybridized carbons (Fsp3) is 0.556. The van der Waals surface area contributed by atoms with Gasteiger partial charge in [-0.15, -0.1) is 0 Å². The summed E-state index contributed by atoms with van der Waals surface area (Å²) in [5.74, 6) is 0. The predicted molar refractivity (Wildman–Crippen MR) is 86.3 cm³/mol. The Morgan fingerprint density at radius 2 is 1.89 bits per heavy atom. The van der Waals surface area contributed by atoms with E-state index in [1.165, 1.54) is 43.2 Å². The fourth-order valence-corrected chi connectivity index (χ4v) is 2.05. The molecule has 106 valence electrons. The highest BCUT2D eigenvalue weighted by Crippen LogP contribution is 2.13. The van der Waals surface area contributed by atoms with Crippen LogP contribution in [0.5, 0.6) is 0 Å². The lowest BCUT2D eigenvalue weighted by Crippen LogP contribution is -2.27. The zero-order valence-corrected chi connectivity index (χ0v) is 12.8. The summed E-state index contributed by atoms with van der Waals surface area (Å²) in [6.45, 7) is 7.77. The smallest absolute Gasteiger partial charge is 0.0170 e. The Bertz CT molecular complexity index is 353. The van der Waals surface area contributed by atoms with Gasteiger partial charge in [-0.1, -0.05) is 68.7 Å². The molecule has 0 amide bonds. The van der Waals surface area contributed by atoms with Crippen molar-refractivity contribution in [3.8, 4) is 0 Å². The summed E-state index contributed by atoms with van der Waals surface area (Å²) >= 11 is 0. The van der Waals surface area contributed by atoms with Crippen LogP contribution in [-0.2, 0) is 0 Å². The zero-order valence-electron chi connectivity index (χ0n) is 12.8. The molecule has 0 aliphatic carbocycles. The largest absolute Gasteiger partial charge is 0.311 e. The van der Waals surface area contributed by atoms with Crippen molar-refractivity contribution < 1.29 is 0 Å². The van der Waals surface area contributed by atoms with Crippen molar-refractivity contribution in [2.75, 3.05) is 6.54 Å². The first-order chi connectivity index (χ1) is 9.26. The number of benzene rings is 1. The third-order valence-electron chi connectivity index (χ3n) is 3.56. The molecule has 1 N–H and O–H groups in total. The molecule has 1 nitrogen and oxygen atoms in total. The van der Waals surface area contributed by atoms with Gasteiger partial charge in [-0.2, -0.15) is 0 Å². The van der Waals surface area contributed by atoms with E-state index in [1.54, 1.807) is 0 Å². The standard InChI is InChI=1S/C18H29N/c1-4-6-8-13-18(15-19-16(3)5-2)14-17-11-9-7-10-12-17/h7,9-12,14,16,19H,4-6,8,13,15H2,1-3H3/b18-14+. The minimum atomic E-state index is 0.602. The molecule has 0 radical (unpaired) electrons. The Hall–Kier alpha value is -1.08. The van der Waals surface area contributed by atoms with Crippen LogP contribution in [0.15, 0.2) is 35.9 Å². The van der Waals surface area contributed by atoms with Crippen molar-refractivity contribution in [3.05, 3.63) is 41.5 Å². The van der Waals surface area contributed by atoms with Crippen molar-refractivity contribution in [2.45, 2.75) is 58.9 Å². The first kappa shape index (κ1) is 16.0. The SMILES string of the molecule is CCCCC/C(=C\c1ccccc1)CNC(C)CC. The van der Waals surface area contributed by atoms with Crippen molar-refractivity contribution in [3.63, 3.8) is 0 Å². The van der Waals surface area contributed by atoms with Gasteiger partial charge in [0.2, 0.25) is 0 Å². The lowest BCUT2D eigenvalue weighted by molar-refractivity contribution is 0.551. The van der Waals surface area contributed by atoms with E-state index in [4.69, 9.17) is 0 Å². The average Bonchev–Trinajstić information content (AvgIpc) is 2.45. The van der Waals surface area contributed by atoms with Crippen LogP contribution in [-0.4, -0.2) is 12.6 Å². The van der Waals surface area contributed by atoms with Crippen molar-refractivity contribution >= 4 is 6.08 Å². The van der Waals surface area contributed by atoms with Crippen LogP contribution in [0, 0.1) is 0 Å². The van der Waals surface area contributed by atoms with E-state index < -0.39 is 0 Å². The second-order valence-corrected chi connectivity index (χ2v) is 5.36. The van der Waals surface area contributed by atoms with Gasteiger partial charge >= 0.3 is 0 Å². The van der Waals surface area contributed by atoms with Crippen molar-refractivity contribution in [2.24, 2.45) is 0 Å². The summed E-state index contributed by atoms with van der Waals surface area (Å²) in [7, 11) is 0. The second-order valence-electron chi connectivity index (χ2n) is 5.36. The topological polar surface area (TPSA) is 12.0 Å². The number of unbranched alkanes of at least 4 members (excludes halogenated alkanes) is 2. The number of hydrogen-bond donors (Lipinski definition) is 1. The van der Waals surface area contributed by atoms with Crippen LogP contribution < -0.4 is 5.32 Å². The maximum atomic E-state index is 3.61. The maximum Gasteiger partial charge on any atom is 0.0170 e. The van der Waals surface area contributed by atoms with Gasteiger partial charge in [-0.25, -0.2) is 0 Å². The molecule has 1 heteroatoms. The molecule has 0 heterocycles. The Balaban J connectivity index is 2.60. The predicted octanol–water partition coefficient (Wildman–Crippen LogP) is 5.04. The second kappa shape index (κ2) is 9.80. The summed E-state index contributed by atoms with van der Waals surface area (Å²) in [6.07, 6.45) is 8.68. The average molecular weight is 259 g/mol. The highest BCUT2D eigenvalue weighted by Gasteiger charge is 2.02. The van der Waals surface area contributed by atoms with Crippen LogP contribution in [0.25, 0.3) is 6.08 Å². The Kier molecular flexibility index (Phi) is 8.24. The third kappa shape index (κ3) is 7.17. The highest BCUT2D eigenvalue weighted by atomic mass is 14.9. The first-order valence-electron chi connectivity index (χ1n) is 7.74. The van der Waals surface area contributed by atoms with E-state index in [0.29, 0.717) is 6.04 Å². The summed E-state index contributed by atoms with van der Waals surface area (Å²) in [4.78, 5) is 0. The van der Waals surface area contributed by atoms with E-state index >= 15 is 0 Å². The van der Waals surface area contributed by atoms with Gasteiger partial charge in [-0.05, 0) is 31.7 Å². The molecule has 0 fully saturated rings. The minimum absolute atomic E-state index is 0.602. The molecular weight excluding hydrogens is 230 g/mol. The summed E-state index contributed by atoms with van der Waals surface area (Å²) in [5, 5.41) is 3.61. The van der Waals surface area contributed by atoms with E-state index in [2.05, 4.69) is 62.5 Å². The maximum absolute atomic E-state index is 3.61. The van der Waals surface area contributed by atoms with Crippen LogP contribution >= 0.6 is 0 Å². The molecule has 0 aliphatic rings. The van der Waals surface area contributed by atoms with Gasteiger partial charge in [0.25, 0.3) is 0 Å². The Morgan fingerprint density at radius 1 is 1.16 bits per heavy atom. The molecule has 1 rings (SSSR count). The zero-order chi connectivity index (χ0) is 13.9. The molecule has 0 aliphatic heterocycles. The minimum Gasteiger partial charge on any atom is -0.311 e. The van der Waals surface area contributed by atoms with Gasteiger partial charge in [0.1, 0.15) is 0 Å². The quantitative estimate of drug-likeness (QED) is 0.613. The molecule has 0 bridgehead atoms. The van der Waals surface area contributed by atoms with Gasteiger partial charge in [0.15, 0.2) is 0 Å². The molecule has 0 spiro atoms. The molecule has 0 aromatic heterocycles. The Labute approximate surface area is 119 Å². The molecule has 1 atom stereocenters. The lowest BCUT2D eigenvalue weighted by atomic mass is 10.0. The van der Waals surface area contributed by atoms with Crippen molar-refractivity contribution in [1.29, 1.82) is 0 Å². The van der Waals surface area contributed by atoms with Crippen LogP contribution in [0.3, 0.4) is 0 Å². The molecular formula is C18H29N.